The Labute approximate surface area is 177 Å². The highest BCUT2D eigenvalue weighted by atomic mass is 16.5. The van der Waals surface area contributed by atoms with Crippen LogP contribution in [0.4, 0.5) is 0 Å². The minimum absolute atomic E-state index is 0.407. The van der Waals surface area contributed by atoms with Crippen molar-refractivity contribution in [3.63, 3.8) is 0 Å². The molecular weight excluding hydrogens is 376 g/mol. The van der Waals surface area contributed by atoms with Crippen LogP contribution in [-0.4, -0.2) is 23.8 Å². The van der Waals surface area contributed by atoms with Gasteiger partial charge in [0.25, 0.3) is 0 Å². The van der Waals surface area contributed by atoms with Crippen LogP contribution in [-0.2, 0) is 4.79 Å². The van der Waals surface area contributed by atoms with Crippen LogP contribution in [0.5, 0.6) is 11.5 Å². The fourth-order valence-corrected chi connectivity index (χ4v) is 3.02. The van der Waals surface area contributed by atoms with E-state index in [9.17, 15) is 4.79 Å². The molecule has 0 saturated carbocycles. The molecule has 0 heterocycles. The molecule has 0 saturated heterocycles. The number of aliphatic carboxylic acids is 1. The second-order valence-electron chi connectivity index (χ2n) is 6.97. The molecule has 0 spiro atoms. The zero-order valence-corrected chi connectivity index (χ0v) is 17.2. The molecule has 0 radical (unpaired) electrons. The minimum Gasteiger partial charge on any atom is -0.490 e. The average molecular weight is 402 g/mol. The average Bonchev–Trinajstić information content (AvgIpc) is 2.79. The Morgan fingerprint density at radius 3 is 2.10 bits per heavy atom. The summed E-state index contributed by atoms with van der Waals surface area (Å²) >= 11 is 0. The molecule has 3 rings (SSSR count). The lowest BCUT2D eigenvalue weighted by Gasteiger charge is -2.13. The molecule has 0 aliphatic rings. The van der Waals surface area contributed by atoms with E-state index in [4.69, 9.17) is 14.6 Å². The van der Waals surface area contributed by atoms with Crippen LogP contribution >= 0.6 is 0 Å². The number of hydrogen-bond donors (Lipinski definition) is 1. The third kappa shape index (κ3) is 5.74. The minimum atomic E-state index is -0.963. The summed E-state index contributed by atoms with van der Waals surface area (Å²) in [6.45, 7) is 4.29. The maximum absolute atomic E-state index is 11.1. The van der Waals surface area contributed by atoms with E-state index in [1.807, 2.05) is 24.3 Å². The Kier molecular flexibility index (Phi) is 7.28. The predicted molar refractivity (Wildman–Crippen MR) is 120 cm³/mol. The van der Waals surface area contributed by atoms with E-state index in [1.165, 1.54) is 11.1 Å². The maximum atomic E-state index is 11.1. The predicted octanol–water partition coefficient (Wildman–Crippen LogP) is 6.08. The number of allylic oxidation sites excluding steroid dienone is 1. The van der Waals surface area contributed by atoms with Gasteiger partial charge in [0.15, 0.2) is 6.10 Å². The number of hydrogen-bond acceptors (Lipinski definition) is 3. The smallest absolute Gasteiger partial charge is 0.344 e. The Morgan fingerprint density at radius 2 is 1.50 bits per heavy atom. The molecule has 4 heteroatoms. The van der Waals surface area contributed by atoms with Crippen molar-refractivity contribution in [3.05, 3.63) is 90.5 Å². The molecule has 4 nitrogen and oxygen atoms in total. The lowest BCUT2D eigenvalue weighted by molar-refractivity contribution is -0.145. The van der Waals surface area contributed by atoms with Gasteiger partial charge in [0.1, 0.15) is 18.1 Å². The van der Waals surface area contributed by atoms with Gasteiger partial charge in [-0.1, -0.05) is 61.5 Å². The zero-order valence-electron chi connectivity index (χ0n) is 17.2. The van der Waals surface area contributed by atoms with E-state index in [2.05, 4.69) is 43.3 Å². The first kappa shape index (κ1) is 21.2. The summed E-state index contributed by atoms with van der Waals surface area (Å²) in [6, 6.07) is 25.8. The Hall–Kier alpha value is -3.53. The van der Waals surface area contributed by atoms with Crippen LogP contribution in [0, 0.1) is 0 Å². The van der Waals surface area contributed by atoms with Crippen molar-refractivity contribution in [2.45, 2.75) is 26.4 Å². The van der Waals surface area contributed by atoms with Crippen molar-refractivity contribution in [2.24, 2.45) is 0 Å². The van der Waals surface area contributed by atoms with E-state index < -0.39 is 12.1 Å². The number of ether oxygens (including phenoxy) is 2. The number of rotatable bonds is 9. The van der Waals surface area contributed by atoms with Gasteiger partial charge in [-0.25, -0.2) is 4.79 Å². The Balaban J connectivity index is 1.55. The molecule has 0 bridgehead atoms. The summed E-state index contributed by atoms with van der Waals surface area (Å²) in [5, 5.41) is 9.07. The lowest BCUT2D eigenvalue weighted by atomic mass is 10.0. The van der Waals surface area contributed by atoms with E-state index in [0.717, 1.165) is 11.1 Å². The van der Waals surface area contributed by atoms with Gasteiger partial charge < -0.3 is 14.6 Å². The van der Waals surface area contributed by atoms with Gasteiger partial charge in [-0.3, -0.25) is 0 Å². The molecule has 30 heavy (non-hydrogen) atoms. The zero-order chi connectivity index (χ0) is 21.3. The van der Waals surface area contributed by atoms with Gasteiger partial charge in [-0.15, -0.1) is 0 Å². The topological polar surface area (TPSA) is 55.8 Å². The second kappa shape index (κ2) is 10.3. The van der Waals surface area contributed by atoms with Crippen LogP contribution in [0.1, 0.15) is 25.8 Å². The standard InChI is InChI=1S/C26H26O4/c1-3-25(26(27)28)30-24-15-13-23(14-16-24)29-18-17-19(2)20-9-11-22(12-10-20)21-7-5-4-6-8-21/h4-17,25H,3,18H2,1-2H3,(H,27,28)/b19-17+. The Bertz CT molecular complexity index is 974. The summed E-state index contributed by atoms with van der Waals surface area (Å²) in [5.74, 6) is 0.256. The second-order valence-corrected chi connectivity index (χ2v) is 6.97. The normalized spacial score (nSPS) is 12.3. The number of carboxylic acid groups (broad SMARTS) is 1. The summed E-state index contributed by atoms with van der Waals surface area (Å²) in [7, 11) is 0. The van der Waals surface area contributed by atoms with E-state index in [-0.39, 0.29) is 0 Å². The molecule has 0 amide bonds. The molecule has 154 valence electrons. The van der Waals surface area contributed by atoms with Gasteiger partial charge in [0.05, 0.1) is 0 Å². The highest BCUT2D eigenvalue weighted by molar-refractivity contribution is 5.72. The van der Waals surface area contributed by atoms with Crippen molar-refractivity contribution in [1.82, 2.24) is 0 Å². The molecule has 3 aromatic carbocycles. The van der Waals surface area contributed by atoms with Gasteiger partial charge >= 0.3 is 5.97 Å². The molecular formula is C26H26O4. The SMILES string of the molecule is CCC(Oc1ccc(OC/C=C(\C)c2ccc(-c3ccccc3)cc2)cc1)C(=O)O. The van der Waals surface area contributed by atoms with Crippen molar-refractivity contribution in [1.29, 1.82) is 0 Å². The van der Waals surface area contributed by atoms with Gasteiger partial charge in [0.2, 0.25) is 0 Å². The van der Waals surface area contributed by atoms with Crippen molar-refractivity contribution >= 4 is 11.5 Å². The molecule has 1 unspecified atom stereocenters. The van der Waals surface area contributed by atoms with Crippen molar-refractivity contribution in [3.8, 4) is 22.6 Å². The third-order valence-electron chi connectivity index (χ3n) is 4.84. The van der Waals surface area contributed by atoms with E-state index >= 15 is 0 Å². The highest BCUT2D eigenvalue weighted by Gasteiger charge is 2.16. The molecule has 3 aromatic rings. The summed E-state index contributed by atoms with van der Waals surface area (Å²) in [4.78, 5) is 11.1. The van der Waals surface area contributed by atoms with E-state index in [0.29, 0.717) is 24.5 Å². The monoisotopic (exact) mass is 402 g/mol. The van der Waals surface area contributed by atoms with Crippen molar-refractivity contribution < 1.29 is 19.4 Å². The number of carbonyl (C=O) groups is 1. The van der Waals surface area contributed by atoms with Crippen LogP contribution in [0.2, 0.25) is 0 Å². The summed E-state index contributed by atoms with van der Waals surface area (Å²) in [6.07, 6.45) is 1.61. The molecule has 0 fully saturated rings. The molecule has 0 aliphatic carbocycles. The first-order chi connectivity index (χ1) is 14.6. The fourth-order valence-electron chi connectivity index (χ4n) is 3.02. The maximum Gasteiger partial charge on any atom is 0.344 e. The van der Waals surface area contributed by atoms with Crippen LogP contribution < -0.4 is 9.47 Å². The van der Waals surface area contributed by atoms with Crippen LogP contribution in [0.15, 0.2) is 84.9 Å². The van der Waals surface area contributed by atoms with Gasteiger partial charge in [0, 0.05) is 0 Å². The van der Waals surface area contributed by atoms with E-state index in [1.54, 1.807) is 31.2 Å². The van der Waals surface area contributed by atoms with Gasteiger partial charge in [-0.2, -0.15) is 0 Å². The first-order valence-electron chi connectivity index (χ1n) is 10.0. The summed E-state index contributed by atoms with van der Waals surface area (Å²) in [5.41, 5.74) is 4.69. The van der Waals surface area contributed by atoms with Crippen LogP contribution in [0.3, 0.4) is 0 Å². The summed E-state index contributed by atoms with van der Waals surface area (Å²) < 4.78 is 11.2. The number of benzene rings is 3. The molecule has 1 atom stereocenters. The third-order valence-corrected chi connectivity index (χ3v) is 4.84. The van der Waals surface area contributed by atoms with Crippen LogP contribution in [0.25, 0.3) is 16.7 Å². The molecule has 0 aliphatic heterocycles. The fraction of sp³-hybridized carbons (Fsp3) is 0.192. The lowest BCUT2D eigenvalue weighted by Crippen LogP contribution is -2.25. The van der Waals surface area contributed by atoms with Gasteiger partial charge in [-0.05, 0) is 65.9 Å². The number of carboxylic acids is 1. The molecule has 0 aromatic heterocycles. The van der Waals surface area contributed by atoms with Crippen molar-refractivity contribution in [2.75, 3.05) is 6.61 Å². The quantitative estimate of drug-likeness (QED) is 0.471. The first-order valence-corrected chi connectivity index (χ1v) is 10.0. The highest BCUT2D eigenvalue weighted by Crippen LogP contribution is 2.23. The Morgan fingerprint density at radius 1 is 0.900 bits per heavy atom. The largest absolute Gasteiger partial charge is 0.490 e. The molecule has 1 N–H and O–H groups in total.